The zero-order valence-electron chi connectivity index (χ0n) is 15.6. The largest absolute Gasteiger partial charge is 0.489 e. The van der Waals surface area contributed by atoms with Gasteiger partial charge in [0.05, 0.1) is 15.0 Å². The van der Waals surface area contributed by atoms with Gasteiger partial charge in [0, 0.05) is 13.1 Å². The van der Waals surface area contributed by atoms with Crippen LogP contribution >= 0.6 is 35.0 Å². The van der Waals surface area contributed by atoms with Crippen LogP contribution in [0.1, 0.15) is 25.0 Å². The van der Waals surface area contributed by atoms with Crippen molar-refractivity contribution in [2.75, 3.05) is 13.1 Å². The molecule has 1 heterocycles. The molecule has 0 aromatic heterocycles. The maximum absolute atomic E-state index is 12.5. The van der Waals surface area contributed by atoms with Crippen molar-refractivity contribution >= 4 is 52.1 Å². The topological polar surface area (TPSA) is 41.9 Å². The first-order valence-corrected chi connectivity index (χ1v) is 10.5. The first-order valence-electron chi connectivity index (χ1n) is 8.94. The summed E-state index contributed by atoms with van der Waals surface area (Å²) in [6.45, 7) is 5.58. The second-order valence-electron chi connectivity index (χ2n) is 6.02. The molecule has 7 heteroatoms. The van der Waals surface area contributed by atoms with Crippen molar-refractivity contribution in [3.8, 4) is 5.75 Å². The Morgan fingerprint density at radius 2 is 1.86 bits per heavy atom. The van der Waals surface area contributed by atoms with Crippen molar-refractivity contribution in [2.45, 2.75) is 20.5 Å². The molecule has 146 valence electrons. The Hall–Kier alpha value is -1.95. The molecule has 4 nitrogen and oxygen atoms in total. The van der Waals surface area contributed by atoms with Gasteiger partial charge in [-0.1, -0.05) is 41.4 Å². The molecule has 2 aromatic carbocycles. The molecule has 0 spiro atoms. The third-order valence-electron chi connectivity index (χ3n) is 4.07. The first-order chi connectivity index (χ1) is 13.5. The van der Waals surface area contributed by atoms with Crippen LogP contribution in [0.3, 0.4) is 0 Å². The van der Waals surface area contributed by atoms with E-state index < -0.39 is 0 Å². The van der Waals surface area contributed by atoms with E-state index in [9.17, 15) is 4.79 Å². The maximum atomic E-state index is 12.5. The molecule has 1 amide bonds. The molecule has 0 N–H and O–H groups in total. The maximum Gasteiger partial charge on any atom is 0.266 e. The van der Waals surface area contributed by atoms with E-state index in [1.165, 1.54) is 11.8 Å². The predicted octanol–water partition coefficient (Wildman–Crippen LogP) is 5.88. The molecule has 0 aliphatic carbocycles. The average Bonchev–Trinajstić information content (AvgIpc) is 2.98. The summed E-state index contributed by atoms with van der Waals surface area (Å²) < 4.78 is 5.79. The summed E-state index contributed by atoms with van der Waals surface area (Å²) in [5, 5.41) is 1.80. The molecule has 0 unspecified atom stereocenters. The zero-order chi connectivity index (χ0) is 20.1. The predicted molar refractivity (Wildman–Crippen MR) is 118 cm³/mol. The monoisotopic (exact) mass is 434 g/mol. The number of benzene rings is 2. The van der Waals surface area contributed by atoms with E-state index in [1.54, 1.807) is 17.0 Å². The van der Waals surface area contributed by atoms with Gasteiger partial charge in [0.1, 0.15) is 12.4 Å². The number of aliphatic imine (C=N–C) groups is 1. The van der Waals surface area contributed by atoms with E-state index >= 15 is 0 Å². The lowest BCUT2D eigenvalue weighted by molar-refractivity contribution is -0.122. The normalized spacial score (nSPS) is 17.0. The summed E-state index contributed by atoms with van der Waals surface area (Å²) in [6, 6.07) is 13.0. The SMILES string of the molecule is CCN=C1S/C(=C\c2ccc(OCc3ccc(Cl)c(Cl)c3)cc2)C(=O)N1CC. The van der Waals surface area contributed by atoms with E-state index in [0.29, 0.717) is 34.6 Å². The van der Waals surface area contributed by atoms with Crippen LogP contribution in [0.4, 0.5) is 0 Å². The number of carbonyl (C=O) groups is 1. The number of halogens is 2. The summed E-state index contributed by atoms with van der Waals surface area (Å²) in [4.78, 5) is 19.3. The summed E-state index contributed by atoms with van der Waals surface area (Å²) in [5.74, 6) is 0.738. The highest BCUT2D eigenvalue weighted by Crippen LogP contribution is 2.32. The highest BCUT2D eigenvalue weighted by atomic mass is 35.5. The molecule has 0 bridgehead atoms. The van der Waals surface area contributed by atoms with Gasteiger partial charge in [-0.25, -0.2) is 0 Å². The van der Waals surface area contributed by atoms with E-state index in [4.69, 9.17) is 27.9 Å². The Balaban J connectivity index is 1.67. The van der Waals surface area contributed by atoms with Crippen LogP contribution in [0.5, 0.6) is 5.75 Å². The molecule has 1 aliphatic heterocycles. The van der Waals surface area contributed by atoms with Gasteiger partial charge >= 0.3 is 0 Å². The van der Waals surface area contributed by atoms with Crippen molar-refractivity contribution in [1.29, 1.82) is 0 Å². The number of amides is 1. The smallest absolute Gasteiger partial charge is 0.266 e. The fourth-order valence-electron chi connectivity index (χ4n) is 2.65. The van der Waals surface area contributed by atoms with Crippen LogP contribution in [0.2, 0.25) is 10.0 Å². The highest BCUT2D eigenvalue weighted by molar-refractivity contribution is 8.18. The molecule has 2 aromatic rings. The molecule has 3 rings (SSSR count). The fourth-order valence-corrected chi connectivity index (χ4v) is 4.07. The third-order valence-corrected chi connectivity index (χ3v) is 5.85. The third kappa shape index (κ3) is 4.90. The van der Waals surface area contributed by atoms with Crippen LogP contribution < -0.4 is 4.74 Å². The zero-order valence-corrected chi connectivity index (χ0v) is 17.9. The van der Waals surface area contributed by atoms with Crippen molar-refractivity contribution in [2.24, 2.45) is 4.99 Å². The molecule has 28 heavy (non-hydrogen) atoms. The van der Waals surface area contributed by atoms with Gasteiger partial charge in [0.15, 0.2) is 5.17 Å². The number of thioether (sulfide) groups is 1. The van der Waals surface area contributed by atoms with Crippen molar-refractivity contribution < 1.29 is 9.53 Å². The molecule has 0 atom stereocenters. The summed E-state index contributed by atoms with van der Waals surface area (Å²) in [5.41, 5.74) is 1.88. The van der Waals surface area contributed by atoms with Gasteiger partial charge in [0.25, 0.3) is 5.91 Å². The minimum absolute atomic E-state index is 0.000330. The lowest BCUT2D eigenvalue weighted by Crippen LogP contribution is -2.28. The molecule has 0 saturated carbocycles. The number of ether oxygens (including phenoxy) is 1. The summed E-state index contributed by atoms with van der Waals surface area (Å²) in [7, 11) is 0. The Bertz CT molecular complexity index is 927. The van der Waals surface area contributed by atoms with E-state index in [1.807, 2.05) is 50.3 Å². The van der Waals surface area contributed by atoms with Crippen LogP contribution in [0.15, 0.2) is 52.4 Å². The number of hydrogen-bond donors (Lipinski definition) is 0. The minimum Gasteiger partial charge on any atom is -0.489 e. The number of nitrogens with zero attached hydrogens (tertiary/aromatic N) is 2. The second-order valence-corrected chi connectivity index (χ2v) is 7.85. The molecule has 1 saturated heterocycles. The average molecular weight is 435 g/mol. The molecular formula is C21H20Cl2N2O2S. The van der Waals surface area contributed by atoms with Crippen LogP contribution in [-0.4, -0.2) is 29.1 Å². The van der Waals surface area contributed by atoms with Gasteiger partial charge < -0.3 is 4.74 Å². The number of amidine groups is 1. The van der Waals surface area contributed by atoms with Crippen molar-refractivity contribution in [3.63, 3.8) is 0 Å². The molecule has 0 radical (unpaired) electrons. The first kappa shape index (κ1) is 20.8. The van der Waals surface area contributed by atoms with Gasteiger partial charge in [-0.05, 0) is 67.1 Å². The quantitative estimate of drug-likeness (QED) is 0.532. The minimum atomic E-state index is -0.000330. The van der Waals surface area contributed by atoms with Crippen LogP contribution in [0.25, 0.3) is 6.08 Å². The molecular weight excluding hydrogens is 415 g/mol. The van der Waals surface area contributed by atoms with E-state index in [0.717, 1.165) is 22.0 Å². The van der Waals surface area contributed by atoms with Crippen LogP contribution in [0, 0.1) is 0 Å². The number of rotatable bonds is 6. The Kier molecular flexibility index (Phi) is 7.05. The van der Waals surface area contributed by atoms with Crippen molar-refractivity contribution in [3.05, 3.63) is 68.5 Å². The summed E-state index contributed by atoms with van der Waals surface area (Å²) in [6.07, 6.45) is 1.89. The fraction of sp³-hybridized carbons (Fsp3) is 0.238. The Labute approximate surface area is 179 Å². The standard InChI is InChI=1S/C21H20Cl2N2O2S/c1-3-24-21-25(4-2)20(26)19(28-21)12-14-5-8-16(9-6-14)27-13-15-7-10-17(22)18(23)11-15/h5-12H,3-4,13H2,1-2H3/b19-12-,24-21?. The number of hydrogen-bond acceptors (Lipinski definition) is 4. The molecule has 1 fully saturated rings. The van der Waals surface area contributed by atoms with E-state index in [2.05, 4.69) is 4.99 Å². The lowest BCUT2D eigenvalue weighted by Gasteiger charge is -2.11. The highest BCUT2D eigenvalue weighted by Gasteiger charge is 2.31. The van der Waals surface area contributed by atoms with Gasteiger partial charge in [-0.3, -0.25) is 14.7 Å². The van der Waals surface area contributed by atoms with Gasteiger partial charge in [-0.2, -0.15) is 0 Å². The van der Waals surface area contributed by atoms with Crippen molar-refractivity contribution in [1.82, 2.24) is 4.90 Å². The van der Waals surface area contributed by atoms with Gasteiger partial charge in [-0.15, -0.1) is 0 Å². The van der Waals surface area contributed by atoms with E-state index in [-0.39, 0.29) is 5.91 Å². The second kappa shape index (κ2) is 9.50. The Morgan fingerprint density at radius 3 is 2.50 bits per heavy atom. The lowest BCUT2D eigenvalue weighted by atomic mass is 10.2. The molecule has 1 aliphatic rings. The summed E-state index contributed by atoms with van der Waals surface area (Å²) >= 11 is 13.4. The number of likely N-dealkylation sites (N-methyl/N-ethyl adjacent to an activating group) is 1. The number of carbonyl (C=O) groups excluding carboxylic acids is 1. The Morgan fingerprint density at radius 1 is 1.11 bits per heavy atom. The van der Waals surface area contributed by atoms with Crippen LogP contribution in [-0.2, 0) is 11.4 Å². The van der Waals surface area contributed by atoms with Gasteiger partial charge in [0.2, 0.25) is 0 Å².